The van der Waals surface area contributed by atoms with Crippen molar-refractivity contribution in [2.45, 2.75) is 34.0 Å². The molecule has 3 nitrogen and oxygen atoms in total. The number of nitrogens with zero attached hydrogens (tertiary/aromatic N) is 1. The van der Waals surface area contributed by atoms with Crippen LogP contribution >= 0.6 is 0 Å². The molecule has 1 aliphatic carbocycles. The quantitative estimate of drug-likeness (QED) is 0.365. The number of hydrogen-bond acceptors (Lipinski definition) is 3. The van der Waals surface area contributed by atoms with Crippen molar-refractivity contribution >= 4 is 15.8 Å². The monoisotopic (exact) mass is 451 g/mol. The van der Waals surface area contributed by atoms with E-state index in [-0.39, 0.29) is 5.92 Å². The van der Waals surface area contributed by atoms with Gasteiger partial charge in [-0.2, -0.15) is 0 Å². The van der Waals surface area contributed by atoms with Crippen LogP contribution in [0.1, 0.15) is 35.4 Å². The van der Waals surface area contributed by atoms with Crippen molar-refractivity contribution in [3.8, 4) is 0 Å². The van der Waals surface area contributed by atoms with Gasteiger partial charge in [-0.1, -0.05) is 97.1 Å². The molecule has 164 valence electrons. The van der Waals surface area contributed by atoms with E-state index in [0.717, 1.165) is 28.8 Å². The Morgan fingerprint density at radius 1 is 0.758 bits per heavy atom. The van der Waals surface area contributed by atoms with Gasteiger partial charge in [-0.3, -0.25) is 0 Å². The maximum Gasteiger partial charge on any atom is 0.164 e. The maximum atomic E-state index is 15.4. The van der Waals surface area contributed by atoms with Gasteiger partial charge in [-0.05, 0) is 51.4 Å². The summed E-state index contributed by atoms with van der Waals surface area (Å²) in [7, 11) is -3.06. The molecule has 1 aliphatic heterocycles. The fourth-order valence-electron chi connectivity index (χ4n) is 5.89. The second kappa shape index (κ2) is 7.49. The van der Waals surface area contributed by atoms with Crippen molar-refractivity contribution in [3.63, 3.8) is 0 Å². The molecule has 0 saturated heterocycles. The van der Waals surface area contributed by atoms with Crippen molar-refractivity contribution in [1.82, 2.24) is 0 Å². The molecule has 1 saturated carbocycles. The Morgan fingerprint density at radius 3 is 1.82 bits per heavy atom. The van der Waals surface area contributed by atoms with E-state index in [4.69, 9.17) is 4.36 Å². The van der Waals surface area contributed by atoms with Crippen LogP contribution in [0.2, 0.25) is 0 Å². The van der Waals surface area contributed by atoms with Crippen LogP contribution in [0, 0.1) is 0 Å². The lowest BCUT2D eigenvalue weighted by atomic mass is 9.57. The van der Waals surface area contributed by atoms with Gasteiger partial charge < -0.3 is 9.66 Å². The third-order valence-electron chi connectivity index (χ3n) is 7.46. The van der Waals surface area contributed by atoms with E-state index in [2.05, 4.69) is 6.07 Å². The van der Waals surface area contributed by atoms with Crippen LogP contribution in [0.25, 0.3) is 0 Å². The smallest absolute Gasteiger partial charge is 0.164 e. The zero-order valence-corrected chi connectivity index (χ0v) is 19.0. The van der Waals surface area contributed by atoms with Crippen molar-refractivity contribution in [3.05, 3.63) is 132 Å². The van der Waals surface area contributed by atoms with Gasteiger partial charge in [0.05, 0.1) is 0 Å². The Kier molecular flexibility index (Phi) is 4.66. The van der Waals surface area contributed by atoms with E-state index < -0.39 is 20.5 Å². The summed E-state index contributed by atoms with van der Waals surface area (Å²) in [5.41, 5.74) is 1.86. The molecule has 1 fully saturated rings. The van der Waals surface area contributed by atoms with Crippen LogP contribution in [0.15, 0.2) is 125 Å². The topological polar surface area (TPSA) is 55.7 Å². The first-order valence-corrected chi connectivity index (χ1v) is 12.9. The Balaban J connectivity index is 1.74. The van der Waals surface area contributed by atoms with Gasteiger partial charge in [0.15, 0.2) is 10.3 Å². The molecule has 1 unspecified atom stereocenters. The summed E-state index contributed by atoms with van der Waals surface area (Å²) in [5, 5.41) is 12.9. The Morgan fingerprint density at radius 2 is 1.27 bits per heavy atom. The predicted octanol–water partition coefficient (Wildman–Crippen LogP) is 6.41. The highest BCUT2D eigenvalue weighted by atomic mass is 32.3. The van der Waals surface area contributed by atoms with Crippen molar-refractivity contribution in [2.75, 3.05) is 0 Å². The van der Waals surface area contributed by atoms with Gasteiger partial charge in [-0.25, -0.2) is 0 Å². The molecule has 4 heteroatoms. The van der Waals surface area contributed by atoms with Gasteiger partial charge in [0.25, 0.3) is 0 Å². The van der Waals surface area contributed by atoms with Gasteiger partial charge in [0.1, 0.15) is 10.6 Å². The second-order valence-corrected chi connectivity index (χ2v) is 11.3. The first-order chi connectivity index (χ1) is 16.1. The molecule has 33 heavy (non-hydrogen) atoms. The lowest BCUT2D eigenvalue weighted by Crippen LogP contribution is -2.68. The average Bonchev–Trinajstić information content (AvgIpc) is 2.86. The highest BCUT2D eigenvalue weighted by Crippen LogP contribution is 2.68. The van der Waals surface area contributed by atoms with E-state index in [1.165, 1.54) is 0 Å². The van der Waals surface area contributed by atoms with Gasteiger partial charge in [0.2, 0.25) is 0 Å². The molecular formula is C29H25NO2S. The summed E-state index contributed by atoms with van der Waals surface area (Å²) in [5.74, 6) is -0.0793. The summed E-state index contributed by atoms with van der Waals surface area (Å²) in [6, 6.07) is 36.9. The van der Waals surface area contributed by atoms with E-state index in [9.17, 15) is 5.11 Å². The summed E-state index contributed by atoms with van der Waals surface area (Å²) >= 11 is 0. The molecular weight excluding hydrogens is 426 g/mol. The molecule has 3 atom stereocenters. The fraction of sp³-hybridized carbons (Fsp3) is 0.172. The predicted molar refractivity (Wildman–Crippen MR) is 132 cm³/mol. The molecule has 1 heterocycles. The molecule has 4 aromatic rings. The second-order valence-electron chi connectivity index (χ2n) is 8.91. The van der Waals surface area contributed by atoms with Crippen LogP contribution in [-0.4, -0.2) is 14.4 Å². The van der Waals surface area contributed by atoms with Crippen LogP contribution in [0.5, 0.6) is 0 Å². The average molecular weight is 452 g/mol. The number of aliphatic hydroxyl groups is 1. The SMILES string of the molecule is [O-][S+]1(c2ccccc2)=Nc2ccccc2[C@@H]2CC[C@@]21C(O)(c1ccccc1)c1ccccc1. The number of hydrogen-bond donors (Lipinski definition) is 1. The van der Waals surface area contributed by atoms with Crippen molar-refractivity contribution in [1.29, 1.82) is 0 Å². The highest BCUT2D eigenvalue weighted by molar-refractivity contribution is 8.01. The molecule has 0 spiro atoms. The van der Waals surface area contributed by atoms with Crippen LogP contribution in [-0.2, 0) is 15.7 Å². The van der Waals surface area contributed by atoms with Crippen LogP contribution in [0.3, 0.4) is 0 Å². The minimum atomic E-state index is -3.06. The summed E-state index contributed by atoms with van der Waals surface area (Å²) in [6.45, 7) is 0. The fourth-order valence-corrected chi connectivity index (χ4v) is 9.21. The minimum Gasteiger partial charge on any atom is -0.626 e. The van der Waals surface area contributed by atoms with E-state index >= 15 is 4.55 Å². The Hall–Kier alpha value is -3.05. The van der Waals surface area contributed by atoms with Crippen LogP contribution < -0.4 is 0 Å². The number of rotatable bonds is 4. The Bertz CT molecular complexity index is 1310. The molecule has 1 N–H and O–H groups in total. The summed E-state index contributed by atoms with van der Waals surface area (Å²) < 4.78 is 19.3. The lowest BCUT2D eigenvalue weighted by molar-refractivity contribution is -0.0170. The van der Waals surface area contributed by atoms with Gasteiger partial charge in [-0.15, -0.1) is 4.36 Å². The molecule has 6 rings (SSSR count). The molecule has 4 aromatic carbocycles. The molecule has 0 bridgehead atoms. The standard InChI is InChI=1S/C29H25NO2S/c31-29(22-12-4-1-5-13-22,23-14-6-2-7-15-23)28-21-20-26(28)25-18-10-11-19-27(25)30-33(28,32)24-16-8-3-9-17-24/h1-19,26,31H,20-21H2/t26-,28-,33?/m0/s1. The largest absolute Gasteiger partial charge is 0.626 e. The molecule has 0 radical (unpaired) electrons. The molecule has 0 amide bonds. The summed E-state index contributed by atoms with van der Waals surface area (Å²) in [4.78, 5) is 0.675. The minimum absolute atomic E-state index is 0.0793. The molecule has 2 aliphatic rings. The first kappa shape index (κ1) is 20.5. The van der Waals surface area contributed by atoms with Crippen molar-refractivity contribution in [2.24, 2.45) is 4.36 Å². The van der Waals surface area contributed by atoms with Gasteiger partial charge >= 0.3 is 0 Å². The number of fused-ring (bicyclic) bond motifs is 3. The van der Waals surface area contributed by atoms with Gasteiger partial charge in [0, 0.05) is 12.3 Å². The lowest BCUT2D eigenvalue weighted by Gasteiger charge is -2.62. The zero-order chi connectivity index (χ0) is 22.5. The zero-order valence-electron chi connectivity index (χ0n) is 18.2. The highest BCUT2D eigenvalue weighted by Gasteiger charge is 2.73. The third kappa shape index (κ3) is 2.66. The third-order valence-corrected chi connectivity index (χ3v) is 10.6. The molecule has 0 aromatic heterocycles. The first-order valence-electron chi connectivity index (χ1n) is 11.4. The van der Waals surface area contributed by atoms with E-state index in [1.807, 2.05) is 109 Å². The van der Waals surface area contributed by atoms with E-state index in [1.54, 1.807) is 0 Å². The number of benzene rings is 4. The maximum absolute atomic E-state index is 15.4. The normalized spacial score (nSPS) is 25.8. The van der Waals surface area contributed by atoms with Crippen molar-refractivity contribution < 1.29 is 9.66 Å². The Labute approximate surface area is 195 Å². The van der Waals surface area contributed by atoms with Crippen LogP contribution in [0.4, 0.5) is 5.69 Å². The van der Waals surface area contributed by atoms with E-state index in [0.29, 0.717) is 11.3 Å². The summed E-state index contributed by atoms with van der Waals surface area (Å²) in [6.07, 6.45) is 1.47.